The predicted octanol–water partition coefficient (Wildman–Crippen LogP) is -0.747. The largest absolute Gasteiger partial charge is 0.463 e. The number of ether oxygens (including phenoxy) is 1. The quantitative estimate of drug-likeness (QED) is 0.517. The fourth-order valence-corrected chi connectivity index (χ4v) is 0.667. The maximum atomic E-state index is 11.0. The van der Waals surface area contributed by atoms with Crippen molar-refractivity contribution in [2.75, 3.05) is 6.61 Å². The van der Waals surface area contributed by atoms with Crippen LogP contribution in [-0.4, -0.2) is 18.2 Å². The van der Waals surface area contributed by atoms with Crippen LogP contribution in [0.2, 0.25) is 0 Å². The van der Waals surface area contributed by atoms with Gasteiger partial charge in [-0.15, -0.1) is 5.48 Å². The third kappa shape index (κ3) is 1.50. The normalized spacial score (nSPS) is 28.2. The van der Waals surface area contributed by atoms with E-state index in [1.807, 2.05) is 0 Å². The van der Waals surface area contributed by atoms with Crippen LogP contribution in [0.4, 0.5) is 0 Å². The van der Waals surface area contributed by atoms with Crippen LogP contribution in [0.3, 0.4) is 0 Å². The van der Waals surface area contributed by atoms with Crippen molar-refractivity contribution in [1.82, 2.24) is 5.48 Å². The second-order valence-corrected chi connectivity index (χ2v) is 2.11. The Morgan fingerprint density at radius 2 is 2.64 bits per heavy atom. The lowest BCUT2D eigenvalue weighted by Gasteiger charge is -2.17. The van der Waals surface area contributed by atoms with Crippen LogP contribution in [0.1, 0.15) is 6.92 Å². The minimum Gasteiger partial charge on any atom is -0.463 e. The van der Waals surface area contributed by atoms with Gasteiger partial charge in [-0.1, -0.05) is 0 Å². The Morgan fingerprint density at radius 3 is 3.09 bits per heavy atom. The van der Waals surface area contributed by atoms with Crippen LogP contribution in [-0.2, 0) is 14.4 Å². The minimum atomic E-state index is -1.31. The van der Waals surface area contributed by atoms with Crippen molar-refractivity contribution in [1.29, 1.82) is 0 Å². The molecule has 0 bridgehead atoms. The van der Waals surface area contributed by atoms with Gasteiger partial charge in [0.1, 0.15) is 6.26 Å². The first-order chi connectivity index (χ1) is 5.19. The minimum absolute atomic E-state index is 0.299. The van der Waals surface area contributed by atoms with Gasteiger partial charge in [-0.2, -0.15) is 0 Å². The third-order valence-electron chi connectivity index (χ3n) is 1.24. The Kier molecular flexibility index (Phi) is 2.11. The summed E-state index contributed by atoms with van der Waals surface area (Å²) in [5.74, 6) is -0.547. The molecule has 0 radical (unpaired) electrons. The van der Waals surface area contributed by atoms with E-state index < -0.39 is 11.6 Å². The van der Waals surface area contributed by atoms with E-state index >= 15 is 0 Å². The Morgan fingerprint density at radius 1 is 1.91 bits per heavy atom. The van der Waals surface area contributed by atoms with Gasteiger partial charge in [-0.25, -0.2) is 4.79 Å². The van der Waals surface area contributed by atoms with E-state index in [4.69, 9.17) is 5.73 Å². The number of nitrogens with two attached hydrogens (primary N) is 1. The molecule has 0 aromatic carbocycles. The van der Waals surface area contributed by atoms with Gasteiger partial charge >= 0.3 is 5.97 Å². The van der Waals surface area contributed by atoms with E-state index in [-0.39, 0.29) is 0 Å². The highest BCUT2D eigenvalue weighted by atomic mass is 16.7. The Balaban J connectivity index is 2.57. The van der Waals surface area contributed by atoms with E-state index in [1.54, 1.807) is 6.92 Å². The molecule has 1 heterocycles. The van der Waals surface area contributed by atoms with Gasteiger partial charge in [0, 0.05) is 6.08 Å². The van der Waals surface area contributed by atoms with Gasteiger partial charge in [0.2, 0.25) is 5.66 Å². The van der Waals surface area contributed by atoms with Gasteiger partial charge in [0.25, 0.3) is 0 Å². The highest BCUT2D eigenvalue weighted by Gasteiger charge is 2.36. The summed E-state index contributed by atoms with van der Waals surface area (Å²) in [7, 11) is 0. The van der Waals surface area contributed by atoms with Crippen LogP contribution in [0.15, 0.2) is 12.3 Å². The number of carbonyl (C=O) groups is 1. The lowest BCUT2D eigenvalue weighted by molar-refractivity contribution is -0.151. The van der Waals surface area contributed by atoms with Crippen molar-refractivity contribution >= 4 is 5.97 Å². The molecule has 3 N–H and O–H groups in total. The first kappa shape index (κ1) is 8.03. The third-order valence-corrected chi connectivity index (χ3v) is 1.24. The molecule has 1 aliphatic rings. The summed E-state index contributed by atoms with van der Waals surface area (Å²) in [6, 6.07) is 0. The summed E-state index contributed by atoms with van der Waals surface area (Å²) in [4.78, 5) is 15.6. The van der Waals surface area contributed by atoms with Crippen molar-refractivity contribution in [2.24, 2.45) is 5.73 Å². The lowest BCUT2D eigenvalue weighted by Crippen LogP contribution is -2.55. The molecule has 0 aromatic heterocycles. The molecular weight excluding hydrogens is 148 g/mol. The predicted molar refractivity (Wildman–Crippen MR) is 36.9 cm³/mol. The van der Waals surface area contributed by atoms with Gasteiger partial charge in [-0.05, 0) is 6.92 Å². The highest BCUT2D eigenvalue weighted by Crippen LogP contribution is 2.07. The van der Waals surface area contributed by atoms with Gasteiger partial charge in [-0.3, -0.25) is 5.73 Å². The molecule has 0 saturated carbocycles. The molecule has 1 unspecified atom stereocenters. The number of hydrogen-bond donors (Lipinski definition) is 2. The highest BCUT2D eigenvalue weighted by molar-refractivity contribution is 5.82. The monoisotopic (exact) mass is 158 g/mol. The fraction of sp³-hybridized carbons (Fsp3) is 0.500. The smallest absolute Gasteiger partial charge is 0.348 e. The number of hydroxylamine groups is 1. The zero-order valence-corrected chi connectivity index (χ0v) is 6.16. The summed E-state index contributed by atoms with van der Waals surface area (Å²) in [6.45, 7) is 2.01. The van der Waals surface area contributed by atoms with Crippen LogP contribution in [0.25, 0.3) is 0 Å². The summed E-state index contributed by atoms with van der Waals surface area (Å²) in [5, 5.41) is 0. The van der Waals surface area contributed by atoms with E-state index in [1.165, 1.54) is 12.3 Å². The van der Waals surface area contributed by atoms with E-state index in [0.717, 1.165) is 0 Å². The molecule has 5 heteroatoms. The molecule has 11 heavy (non-hydrogen) atoms. The molecule has 0 aromatic rings. The molecule has 0 fully saturated rings. The number of rotatable bonds is 2. The number of esters is 1. The van der Waals surface area contributed by atoms with Crippen molar-refractivity contribution in [3.05, 3.63) is 12.3 Å². The summed E-state index contributed by atoms with van der Waals surface area (Å²) in [5.41, 5.74) is 6.49. The number of carbonyl (C=O) groups excluding carboxylic acids is 1. The molecule has 0 saturated heterocycles. The van der Waals surface area contributed by atoms with E-state index in [0.29, 0.717) is 6.61 Å². The Labute approximate surface area is 64.1 Å². The van der Waals surface area contributed by atoms with Crippen molar-refractivity contribution < 1.29 is 14.4 Å². The van der Waals surface area contributed by atoms with Crippen molar-refractivity contribution in [3.8, 4) is 0 Å². The van der Waals surface area contributed by atoms with Gasteiger partial charge in [0.15, 0.2) is 0 Å². The van der Waals surface area contributed by atoms with Gasteiger partial charge in [0.05, 0.1) is 6.61 Å². The fourth-order valence-electron chi connectivity index (χ4n) is 0.667. The molecule has 62 valence electrons. The summed E-state index contributed by atoms with van der Waals surface area (Å²) < 4.78 is 4.67. The second-order valence-electron chi connectivity index (χ2n) is 2.11. The maximum Gasteiger partial charge on any atom is 0.348 e. The molecule has 0 spiro atoms. The summed E-state index contributed by atoms with van der Waals surface area (Å²) >= 11 is 0. The van der Waals surface area contributed by atoms with Crippen molar-refractivity contribution in [2.45, 2.75) is 12.6 Å². The Bertz CT molecular complexity index is 192. The first-order valence-electron chi connectivity index (χ1n) is 3.25. The molecular formula is C6H10N2O3. The molecule has 5 nitrogen and oxygen atoms in total. The standard InChI is InChI=1S/C6H10N2O3/c1-2-10-5(9)6(7)3-4-11-8-6/h3-4,8H,2,7H2,1H3. The van der Waals surface area contributed by atoms with E-state index in [9.17, 15) is 4.79 Å². The topological polar surface area (TPSA) is 73.6 Å². The Hall–Kier alpha value is -1.07. The number of hydrogen-bond acceptors (Lipinski definition) is 5. The van der Waals surface area contributed by atoms with E-state index in [2.05, 4.69) is 15.1 Å². The zero-order valence-electron chi connectivity index (χ0n) is 6.16. The van der Waals surface area contributed by atoms with Crippen LogP contribution < -0.4 is 11.2 Å². The molecule has 1 aliphatic heterocycles. The zero-order chi connectivity index (χ0) is 8.32. The molecule has 1 atom stereocenters. The van der Waals surface area contributed by atoms with Crippen molar-refractivity contribution in [3.63, 3.8) is 0 Å². The molecule has 0 aliphatic carbocycles. The average Bonchev–Trinajstić information content (AvgIpc) is 2.38. The average molecular weight is 158 g/mol. The lowest BCUT2D eigenvalue weighted by atomic mass is 10.2. The maximum absolute atomic E-state index is 11.0. The van der Waals surface area contributed by atoms with Crippen LogP contribution in [0.5, 0.6) is 0 Å². The number of nitrogens with one attached hydrogen (secondary N) is 1. The van der Waals surface area contributed by atoms with Crippen LogP contribution in [0, 0.1) is 0 Å². The molecule has 1 rings (SSSR count). The summed E-state index contributed by atoms with van der Waals surface area (Å²) in [6.07, 6.45) is 2.70. The van der Waals surface area contributed by atoms with Crippen LogP contribution >= 0.6 is 0 Å². The molecule has 0 amide bonds. The SMILES string of the molecule is CCOC(=O)C1(N)C=CON1. The second kappa shape index (κ2) is 2.89. The first-order valence-corrected chi connectivity index (χ1v) is 3.25. The van der Waals surface area contributed by atoms with Gasteiger partial charge < -0.3 is 9.57 Å².